The zero-order valence-electron chi connectivity index (χ0n) is 17.3. The maximum atomic E-state index is 12.7. The number of halogens is 1. The van der Waals surface area contributed by atoms with Gasteiger partial charge in [-0.2, -0.15) is 0 Å². The van der Waals surface area contributed by atoms with Crippen molar-refractivity contribution in [1.29, 1.82) is 0 Å². The van der Waals surface area contributed by atoms with E-state index < -0.39 is 10.0 Å². The third kappa shape index (κ3) is 6.03. The Morgan fingerprint density at radius 3 is 2.26 bits per heavy atom. The van der Waals surface area contributed by atoms with Gasteiger partial charge in [-0.25, -0.2) is 8.42 Å². The number of aryl methyl sites for hydroxylation is 1. The van der Waals surface area contributed by atoms with E-state index in [1.807, 2.05) is 25.1 Å². The Labute approximate surface area is 192 Å². The molecule has 0 aromatic heterocycles. The molecular weight excluding hydrogens is 452 g/mol. The Bertz CT molecular complexity index is 1190. The molecule has 3 aromatic rings. The lowest BCUT2D eigenvalue weighted by Crippen LogP contribution is -2.15. The highest BCUT2D eigenvalue weighted by atomic mass is 35.5. The molecule has 31 heavy (non-hydrogen) atoms. The summed E-state index contributed by atoms with van der Waals surface area (Å²) in [7, 11) is -3.79. The zero-order valence-corrected chi connectivity index (χ0v) is 19.7. The van der Waals surface area contributed by atoms with Crippen molar-refractivity contribution < 1.29 is 13.2 Å². The zero-order chi connectivity index (χ0) is 22.6. The second-order valence-electron chi connectivity index (χ2n) is 7.21. The van der Waals surface area contributed by atoms with Gasteiger partial charge in [0.15, 0.2) is 0 Å². The molecule has 0 aliphatic carbocycles. The van der Waals surface area contributed by atoms with Gasteiger partial charge in [-0.05, 0) is 61.0 Å². The van der Waals surface area contributed by atoms with Crippen molar-refractivity contribution >= 4 is 50.7 Å². The van der Waals surface area contributed by atoms with Crippen molar-refractivity contribution in [2.45, 2.75) is 35.8 Å². The first-order valence-corrected chi connectivity index (χ1v) is 12.4. The van der Waals surface area contributed by atoms with Gasteiger partial charge in [-0.1, -0.05) is 43.6 Å². The van der Waals surface area contributed by atoms with Crippen LogP contribution in [0.25, 0.3) is 0 Å². The van der Waals surface area contributed by atoms with Crippen LogP contribution in [0.5, 0.6) is 0 Å². The lowest BCUT2D eigenvalue weighted by molar-refractivity contribution is 0.102. The SMILES string of the molecule is Cc1ccc(NS(=O)(=O)c2ccc(NC(=O)c3ccccc3SC(C)C)cc2)cc1Cl. The molecule has 0 radical (unpaired) electrons. The number of carbonyl (C=O) groups is 1. The number of hydrogen-bond donors (Lipinski definition) is 2. The third-order valence-corrected chi connectivity index (χ3v) is 7.23. The summed E-state index contributed by atoms with van der Waals surface area (Å²) in [5, 5.41) is 3.65. The Hall–Kier alpha value is -2.48. The van der Waals surface area contributed by atoms with E-state index in [9.17, 15) is 13.2 Å². The number of thioether (sulfide) groups is 1. The number of carbonyl (C=O) groups excluding carboxylic acids is 1. The monoisotopic (exact) mass is 474 g/mol. The Morgan fingerprint density at radius 2 is 1.61 bits per heavy atom. The average molecular weight is 475 g/mol. The number of sulfonamides is 1. The number of amides is 1. The molecule has 0 unspecified atom stereocenters. The lowest BCUT2D eigenvalue weighted by atomic mass is 10.2. The minimum Gasteiger partial charge on any atom is -0.322 e. The maximum absolute atomic E-state index is 12.7. The summed E-state index contributed by atoms with van der Waals surface area (Å²) >= 11 is 7.69. The van der Waals surface area contributed by atoms with E-state index in [1.165, 1.54) is 12.1 Å². The van der Waals surface area contributed by atoms with Crippen LogP contribution in [0, 0.1) is 6.92 Å². The number of hydrogen-bond acceptors (Lipinski definition) is 4. The number of rotatable bonds is 7. The normalized spacial score (nSPS) is 11.4. The van der Waals surface area contributed by atoms with Crippen LogP contribution in [0.2, 0.25) is 5.02 Å². The molecule has 8 heteroatoms. The highest BCUT2D eigenvalue weighted by molar-refractivity contribution is 8.00. The van der Waals surface area contributed by atoms with Crippen molar-refractivity contribution in [3.05, 3.63) is 82.9 Å². The molecule has 0 heterocycles. The second-order valence-corrected chi connectivity index (χ2v) is 10.9. The predicted octanol–water partition coefficient (Wildman–Crippen LogP) is 6.20. The second kappa shape index (κ2) is 9.77. The maximum Gasteiger partial charge on any atom is 0.261 e. The van der Waals surface area contributed by atoms with Crippen LogP contribution in [0.1, 0.15) is 29.8 Å². The topological polar surface area (TPSA) is 75.3 Å². The molecule has 0 saturated heterocycles. The van der Waals surface area contributed by atoms with Crippen molar-refractivity contribution in [1.82, 2.24) is 0 Å². The largest absolute Gasteiger partial charge is 0.322 e. The quantitative estimate of drug-likeness (QED) is 0.399. The van der Waals surface area contributed by atoms with Crippen LogP contribution in [0.15, 0.2) is 76.5 Å². The fourth-order valence-electron chi connectivity index (χ4n) is 2.80. The highest BCUT2D eigenvalue weighted by Gasteiger charge is 2.16. The molecule has 162 valence electrons. The van der Waals surface area contributed by atoms with Gasteiger partial charge in [0.05, 0.1) is 16.1 Å². The van der Waals surface area contributed by atoms with Crippen LogP contribution >= 0.6 is 23.4 Å². The fraction of sp³-hybridized carbons (Fsp3) is 0.174. The Kier molecular flexibility index (Phi) is 7.30. The summed E-state index contributed by atoms with van der Waals surface area (Å²) in [6, 6.07) is 18.4. The third-order valence-electron chi connectivity index (χ3n) is 4.34. The molecule has 2 N–H and O–H groups in total. The smallest absolute Gasteiger partial charge is 0.261 e. The van der Waals surface area contributed by atoms with E-state index in [0.29, 0.717) is 27.2 Å². The van der Waals surface area contributed by atoms with Crippen molar-refractivity contribution in [2.75, 3.05) is 10.0 Å². The van der Waals surface area contributed by atoms with Gasteiger partial charge in [0.1, 0.15) is 0 Å². The van der Waals surface area contributed by atoms with E-state index in [4.69, 9.17) is 11.6 Å². The van der Waals surface area contributed by atoms with Crippen LogP contribution in [0.4, 0.5) is 11.4 Å². The molecule has 3 aromatic carbocycles. The number of anilines is 2. The molecule has 0 saturated carbocycles. The Morgan fingerprint density at radius 1 is 0.968 bits per heavy atom. The molecular formula is C23H23ClN2O3S2. The fourth-order valence-corrected chi connectivity index (χ4v) is 4.98. The molecule has 1 amide bonds. The summed E-state index contributed by atoms with van der Waals surface area (Å²) < 4.78 is 27.8. The Balaban J connectivity index is 1.74. The van der Waals surface area contributed by atoms with Crippen molar-refractivity contribution in [3.63, 3.8) is 0 Å². The van der Waals surface area contributed by atoms with Gasteiger partial charge < -0.3 is 5.32 Å². The summed E-state index contributed by atoms with van der Waals surface area (Å²) in [6.45, 7) is 5.97. The molecule has 0 bridgehead atoms. The molecule has 0 aliphatic heterocycles. The van der Waals surface area contributed by atoms with Crippen LogP contribution < -0.4 is 10.0 Å². The summed E-state index contributed by atoms with van der Waals surface area (Å²) in [4.78, 5) is 13.7. The first kappa shape index (κ1) is 23.2. The minimum absolute atomic E-state index is 0.0814. The van der Waals surface area contributed by atoms with E-state index >= 15 is 0 Å². The molecule has 0 fully saturated rings. The summed E-state index contributed by atoms with van der Waals surface area (Å²) in [5.41, 5.74) is 2.33. The lowest BCUT2D eigenvalue weighted by Gasteiger charge is -2.12. The van der Waals surface area contributed by atoms with Gasteiger partial charge in [-0.15, -0.1) is 11.8 Å². The van der Waals surface area contributed by atoms with Gasteiger partial charge >= 0.3 is 0 Å². The first-order chi connectivity index (χ1) is 14.7. The number of benzene rings is 3. The highest BCUT2D eigenvalue weighted by Crippen LogP contribution is 2.27. The minimum atomic E-state index is -3.79. The van der Waals surface area contributed by atoms with E-state index in [2.05, 4.69) is 23.9 Å². The van der Waals surface area contributed by atoms with Crippen LogP contribution in [-0.2, 0) is 10.0 Å². The molecule has 0 spiro atoms. The molecule has 5 nitrogen and oxygen atoms in total. The van der Waals surface area contributed by atoms with E-state index in [-0.39, 0.29) is 10.8 Å². The van der Waals surface area contributed by atoms with Gasteiger partial charge in [0.25, 0.3) is 15.9 Å². The summed E-state index contributed by atoms with van der Waals surface area (Å²) in [5.74, 6) is -0.244. The first-order valence-electron chi connectivity index (χ1n) is 9.62. The van der Waals surface area contributed by atoms with Crippen molar-refractivity contribution in [3.8, 4) is 0 Å². The van der Waals surface area contributed by atoms with Gasteiger partial charge in [-0.3, -0.25) is 9.52 Å². The van der Waals surface area contributed by atoms with E-state index in [1.54, 1.807) is 48.2 Å². The molecule has 3 rings (SSSR count). The number of nitrogens with one attached hydrogen (secondary N) is 2. The van der Waals surface area contributed by atoms with Gasteiger partial charge in [0, 0.05) is 20.9 Å². The molecule has 0 aliphatic rings. The average Bonchev–Trinajstić information content (AvgIpc) is 2.71. The van der Waals surface area contributed by atoms with Crippen LogP contribution in [-0.4, -0.2) is 19.6 Å². The van der Waals surface area contributed by atoms with Crippen molar-refractivity contribution in [2.24, 2.45) is 0 Å². The van der Waals surface area contributed by atoms with Gasteiger partial charge in [0.2, 0.25) is 0 Å². The van der Waals surface area contributed by atoms with E-state index in [0.717, 1.165) is 10.5 Å². The van der Waals surface area contributed by atoms with Crippen LogP contribution in [0.3, 0.4) is 0 Å². The standard InChI is InChI=1S/C23H23ClN2O3S2/c1-15(2)30-22-7-5-4-6-20(22)23(27)25-17-10-12-19(13-11-17)31(28,29)26-18-9-8-16(3)21(24)14-18/h4-15,26H,1-3H3,(H,25,27). The molecule has 0 atom stereocenters. The summed E-state index contributed by atoms with van der Waals surface area (Å²) in [6.07, 6.45) is 0. The predicted molar refractivity (Wildman–Crippen MR) is 129 cm³/mol.